The summed E-state index contributed by atoms with van der Waals surface area (Å²) in [4.78, 5) is 18.4. The van der Waals surface area contributed by atoms with Crippen LogP contribution in [0.15, 0.2) is 12.3 Å². The van der Waals surface area contributed by atoms with Crippen molar-refractivity contribution in [2.24, 2.45) is 0 Å². The van der Waals surface area contributed by atoms with Crippen LogP contribution in [0.3, 0.4) is 0 Å². The molecule has 3 heterocycles. The second-order valence-corrected chi connectivity index (χ2v) is 7.15. The lowest BCUT2D eigenvalue weighted by Crippen LogP contribution is -2.47. The van der Waals surface area contributed by atoms with Crippen molar-refractivity contribution in [1.29, 1.82) is 0 Å². The molecule has 6 heteroatoms. The van der Waals surface area contributed by atoms with Gasteiger partial charge in [0.2, 0.25) is 0 Å². The lowest BCUT2D eigenvalue weighted by Gasteiger charge is -2.38. The molecule has 22 heavy (non-hydrogen) atoms. The number of carbonyl (C=O) groups is 1. The van der Waals surface area contributed by atoms with Gasteiger partial charge < -0.3 is 20.1 Å². The van der Waals surface area contributed by atoms with E-state index in [1.54, 1.807) is 11.1 Å². The topological polar surface area (TPSA) is 77.7 Å². The smallest absolute Gasteiger partial charge is 0.410 e. The summed E-state index contributed by atoms with van der Waals surface area (Å²) in [6.07, 6.45) is 3.09. The van der Waals surface area contributed by atoms with Gasteiger partial charge in [0.15, 0.2) is 0 Å². The molecule has 0 atom stereocenters. The first kappa shape index (κ1) is 14.9. The second kappa shape index (κ2) is 5.04. The van der Waals surface area contributed by atoms with Crippen molar-refractivity contribution in [3.05, 3.63) is 18.0 Å². The molecule has 120 valence electrons. The van der Waals surface area contributed by atoms with Crippen LogP contribution >= 0.6 is 0 Å². The third-order valence-electron chi connectivity index (χ3n) is 4.25. The minimum atomic E-state index is -0.464. The van der Waals surface area contributed by atoms with Gasteiger partial charge in [-0.2, -0.15) is 0 Å². The van der Waals surface area contributed by atoms with Gasteiger partial charge >= 0.3 is 6.09 Å². The second-order valence-electron chi connectivity index (χ2n) is 7.15. The van der Waals surface area contributed by atoms with Crippen LogP contribution in [0, 0.1) is 0 Å². The molecule has 0 aliphatic carbocycles. The summed E-state index contributed by atoms with van der Waals surface area (Å²) in [5.41, 5.74) is 6.79. The molecule has 1 aromatic heterocycles. The van der Waals surface area contributed by atoms with E-state index in [4.69, 9.17) is 15.2 Å². The predicted molar refractivity (Wildman–Crippen MR) is 82.9 cm³/mol. The summed E-state index contributed by atoms with van der Waals surface area (Å²) in [5, 5.41) is 0. The number of likely N-dealkylation sites (tertiary alicyclic amines) is 1. The van der Waals surface area contributed by atoms with Crippen molar-refractivity contribution in [2.75, 3.05) is 25.4 Å². The summed E-state index contributed by atoms with van der Waals surface area (Å²) in [6.45, 7) is 7.57. The highest BCUT2D eigenvalue weighted by atomic mass is 16.6. The standard InChI is InChI=1S/C16H23N3O3/c1-15(2,3)22-14(20)19-6-4-16(5-7-19)10-21-12-8-11(17)9-18-13(12)16/h8-9H,4-7,10,17H2,1-3H3. The van der Waals surface area contributed by atoms with E-state index in [0.717, 1.165) is 24.3 Å². The van der Waals surface area contributed by atoms with Crippen molar-refractivity contribution in [2.45, 2.75) is 44.6 Å². The first-order chi connectivity index (χ1) is 10.3. The maximum atomic E-state index is 12.1. The minimum Gasteiger partial charge on any atom is -0.491 e. The Kier molecular flexibility index (Phi) is 3.42. The van der Waals surface area contributed by atoms with Gasteiger partial charge in [-0.3, -0.25) is 4.98 Å². The van der Waals surface area contributed by atoms with Crippen LogP contribution in [-0.4, -0.2) is 41.3 Å². The molecule has 1 saturated heterocycles. The summed E-state index contributed by atoms with van der Waals surface area (Å²) in [6, 6.07) is 1.83. The van der Waals surface area contributed by atoms with Gasteiger partial charge in [-0.1, -0.05) is 0 Å². The fourth-order valence-electron chi connectivity index (χ4n) is 3.08. The molecule has 3 rings (SSSR count). The zero-order chi connectivity index (χ0) is 16.0. The van der Waals surface area contributed by atoms with Crippen molar-refractivity contribution in [1.82, 2.24) is 9.88 Å². The highest BCUT2D eigenvalue weighted by Gasteiger charge is 2.45. The largest absolute Gasteiger partial charge is 0.491 e. The summed E-state index contributed by atoms with van der Waals surface area (Å²) >= 11 is 0. The molecular weight excluding hydrogens is 282 g/mol. The Morgan fingerprint density at radius 1 is 1.41 bits per heavy atom. The molecule has 2 aliphatic heterocycles. The Labute approximate surface area is 130 Å². The van der Waals surface area contributed by atoms with Crippen LogP contribution in [0.25, 0.3) is 0 Å². The lowest BCUT2D eigenvalue weighted by atomic mass is 9.77. The number of hydrogen-bond acceptors (Lipinski definition) is 5. The number of aromatic nitrogens is 1. The number of piperidine rings is 1. The third kappa shape index (κ3) is 2.69. The molecule has 6 nitrogen and oxygen atoms in total. The van der Waals surface area contributed by atoms with Crippen LogP contribution in [-0.2, 0) is 10.2 Å². The first-order valence-electron chi connectivity index (χ1n) is 7.66. The monoisotopic (exact) mass is 305 g/mol. The van der Waals surface area contributed by atoms with Crippen LogP contribution in [0.2, 0.25) is 0 Å². The molecule has 1 amide bonds. The number of amides is 1. The first-order valence-corrected chi connectivity index (χ1v) is 7.66. The molecule has 2 N–H and O–H groups in total. The van der Waals surface area contributed by atoms with E-state index in [0.29, 0.717) is 25.4 Å². The maximum Gasteiger partial charge on any atom is 0.410 e. The summed E-state index contributed by atoms with van der Waals surface area (Å²) in [7, 11) is 0. The van der Waals surface area contributed by atoms with Crippen LogP contribution in [0.5, 0.6) is 5.75 Å². The molecule has 0 aromatic carbocycles. The number of anilines is 1. The minimum absolute atomic E-state index is 0.0957. The van der Waals surface area contributed by atoms with Gasteiger partial charge in [0, 0.05) is 19.2 Å². The lowest BCUT2D eigenvalue weighted by molar-refractivity contribution is 0.0150. The summed E-state index contributed by atoms with van der Waals surface area (Å²) in [5.74, 6) is 0.783. The van der Waals surface area contributed by atoms with Gasteiger partial charge in [-0.15, -0.1) is 0 Å². The number of hydrogen-bond donors (Lipinski definition) is 1. The Hall–Kier alpha value is -1.98. The van der Waals surface area contributed by atoms with E-state index in [1.807, 2.05) is 26.8 Å². The number of nitrogens with two attached hydrogens (primary N) is 1. The van der Waals surface area contributed by atoms with E-state index < -0.39 is 5.60 Å². The third-order valence-corrected chi connectivity index (χ3v) is 4.25. The number of pyridine rings is 1. The highest BCUT2D eigenvalue weighted by Crippen LogP contribution is 2.44. The highest BCUT2D eigenvalue weighted by molar-refractivity contribution is 5.68. The molecule has 0 radical (unpaired) electrons. The molecule has 1 fully saturated rings. The van der Waals surface area contributed by atoms with Crippen LogP contribution in [0.1, 0.15) is 39.3 Å². The number of ether oxygens (including phenoxy) is 2. The van der Waals surface area contributed by atoms with Gasteiger partial charge in [0.05, 0.1) is 29.6 Å². The van der Waals surface area contributed by atoms with Gasteiger partial charge in [-0.05, 0) is 33.6 Å². The van der Waals surface area contributed by atoms with E-state index in [2.05, 4.69) is 4.98 Å². The predicted octanol–water partition coefficient (Wildman–Crippen LogP) is 2.32. The molecule has 1 spiro atoms. The SMILES string of the molecule is CC(C)(C)OC(=O)N1CCC2(CC1)COc1cc(N)cnc12. The van der Waals surface area contributed by atoms with Gasteiger partial charge in [0.1, 0.15) is 11.4 Å². The molecule has 2 aliphatic rings. The van der Waals surface area contributed by atoms with Gasteiger partial charge in [-0.25, -0.2) is 4.79 Å². The van der Waals surface area contributed by atoms with Crippen molar-refractivity contribution in [3.63, 3.8) is 0 Å². The Morgan fingerprint density at radius 2 is 2.09 bits per heavy atom. The Balaban J connectivity index is 1.69. The molecule has 0 saturated carbocycles. The Bertz CT molecular complexity index is 587. The average Bonchev–Trinajstić information content (AvgIpc) is 2.76. The number of carbonyl (C=O) groups excluding carboxylic acids is 1. The molecule has 0 bridgehead atoms. The fraction of sp³-hybridized carbons (Fsp3) is 0.625. The zero-order valence-corrected chi connectivity index (χ0v) is 13.4. The normalized spacial score (nSPS) is 19.7. The molecular formula is C16H23N3O3. The summed E-state index contributed by atoms with van der Waals surface area (Å²) < 4.78 is 11.2. The fourth-order valence-corrected chi connectivity index (χ4v) is 3.08. The van der Waals surface area contributed by atoms with Gasteiger partial charge in [0.25, 0.3) is 0 Å². The van der Waals surface area contributed by atoms with E-state index >= 15 is 0 Å². The number of rotatable bonds is 0. The molecule has 1 aromatic rings. The van der Waals surface area contributed by atoms with Crippen LogP contribution < -0.4 is 10.5 Å². The quantitative estimate of drug-likeness (QED) is 0.796. The number of fused-ring (bicyclic) bond motifs is 2. The van der Waals surface area contributed by atoms with Crippen molar-refractivity contribution in [3.8, 4) is 5.75 Å². The van der Waals surface area contributed by atoms with Crippen molar-refractivity contribution < 1.29 is 14.3 Å². The van der Waals surface area contributed by atoms with Crippen molar-refractivity contribution >= 4 is 11.8 Å². The zero-order valence-electron chi connectivity index (χ0n) is 13.4. The average molecular weight is 305 g/mol. The van der Waals surface area contributed by atoms with E-state index in [9.17, 15) is 4.79 Å². The number of nitrogen functional groups attached to an aromatic ring is 1. The Morgan fingerprint density at radius 3 is 2.73 bits per heavy atom. The van der Waals surface area contributed by atoms with E-state index in [1.165, 1.54) is 0 Å². The van der Waals surface area contributed by atoms with Crippen LogP contribution in [0.4, 0.5) is 10.5 Å². The maximum absolute atomic E-state index is 12.1. The number of nitrogens with zero attached hydrogens (tertiary/aromatic N) is 2. The molecule has 0 unspecified atom stereocenters. The van der Waals surface area contributed by atoms with E-state index in [-0.39, 0.29) is 11.5 Å².